The Hall–Kier alpha value is -7.92. The number of rotatable bonds is 6. The van der Waals surface area contributed by atoms with E-state index in [1.54, 1.807) is 12.4 Å². The van der Waals surface area contributed by atoms with Crippen LogP contribution < -0.4 is 0 Å². The maximum absolute atomic E-state index is 9.42. The molecule has 57 heavy (non-hydrogen) atoms. The van der Waals surface area contributed by atoms with Crippen molar-refractivity contribution in [3.8, 4) is 61.7 Å². The molecule has 0 unspecified atom stereocenters. The van der Waals surface area contributed by atoms with Gasteiger partial charge in [-0.1, -0.05) is 152 Å². The topological polar surface area (TPSA) is 53.9 Å². The van der Waals surface area contributed by atoms with E-state index in [4.69, 9.17) is 6.57 Å². The molecule has 0 fully saturated rings. The summed E-state index contributed by atoms with van der Waals surface area (Å²) in [5, 5.41) is 11.8. The molecule has 9 aromatic rings. The highest BCUT2D eigenvalue weighted by Gasteiger charge is 2.47. The molecule has 0 spiro atoms. The van der Waals surface area contributed by atoms with Crippen LogP contribution in [0.2, 0.25) is 0 Å². The van der Waals surface area contributed by atoms with Crippen LogP contribution in [0.4, 0.5) is 5.82 Å². The fourth-order valence-corrected chi connectivity index (χ4v) is 8.79. The van der Waals surface area contributed by atoms with Crippen molar-refractivity contribution in [2.45, 2.75) is 5.41 Å². The van der Waals surface area contributed by atoms with Crippen molar-refractivity contribution in [1.82, 2.24) is 9.97 Å². The molecule has 1 aliphatic rings. The number of fused-ring (bicyclic) bond motifs is 5. The largest absolute Gasteiger partial charge is 0.361 e. The molecule has 10 rings (SSSR count). The molecule has 0 bridgehead atoms. The number of hydrogen-bond donors (Lipinski definition) is 0. The quantitative estimate of drug-likeness (QED) is 0.160. The van der Waals surface area contributed by atoms with Gasteiger partial charge in [-0.2, -0.15) is 5.26 Å². The number of nitriles is 1. The van der Waals surface area contributed by atoms with Crippen LogP contribution >= 0.6 is 0 Å². The number of nitrogens with zero attached hydrogens (tertiary/aromatic N) is 4. The fraction of sp³-hybridized carbons (Fsp3) is 0.0189. The average Bonchev–Trinajstić information content (AvgIpc) is 3.60. The standard InChI is InChI=1S/C53H32N4/c1-55-51-32-41(27-29-57-51)37-20-22-38(23-21-37)48-33-50-52(46-15-9-8-14-45(46)48)47-25-24-39(35-16-18-36(19-17-35)40-26-28-56-44(30-40)34-54)31-49(47)53(50,42-10-4-2-5-11-42)43-12-6-3-7-13-43/h2-33H. The summed E-state index contributed by atoms with van der Waals surface area (Å²) in [7, 11) is 0. The SMILES string of the molecule is [C-]#[N+]c1cc(-c2ccc(-c3cc4c(c5ccccc35)-c3ccc(-c5ccc(-c6ccnc(C#N)c6)cc5)cc3C4(c3ccccc3)c3ccccc3)cc2)ccn1. The lowest BCUT2D eigenvalue weighted by Gasteiger charge is -2.34. The van der Waals surface area contributed by atoms with Crippen LogP contribution in [0.15, 0.2) is 194 Å². The van der Waals surface area contributed by atoms with Gasteiger partial charge in [0.1, 0.15) is 18.0 Å². The van der Waals surface area contributed by atoms with Crippen LogP contribution in [0, 0.1) is 17.9 Å². The molecule has 0 saturated heterocycles. The van der Waals surface area contributed by atoms with E-state index in [9.17, 15) is 5.26 Å². The van der Waals surface area contributed by atoms with Gasteiger partial charge in [-0.05, 0) is 125 Å². The summed E-state index contributed by atoms with van der Waals surface area (Å²) in [4.78, 5) is 11.9. The van der Waals surface area contributed by atoms with E-state index in [0.29, 0.717) is 11.5 Å². The second kappa shape index (κ2) is 13.7. The smallest absolute Gasteiger partial charge is 0.270 e. The van der Waals surface area contributed by atoms with E-state index in [0.717, 1.165) is 38.9 Å². The fourth-order valence-electron chi connectivity index (χ4n) is 8.79. The highest BCUT2D eigenvalue weighted by molar-refractivity contribution is 6.10. The first-order valence-corrected chi connectivity index (χ1v) is 18.9. The van der Waals surface area contributed by atoms with Gasteiger partial charge in [0.15, 0.2) is 0 Å². The summed E-state index contributed by atoms with van der Waals surface area (Å²) < 4.78 is 0. The zero-order valence-corrected chi connectivity index (χ0v) is 30.8. The molecular weight excluding hydrogens is 693 g/mol. The monoisotopic (exact) mass is 724 g/mol. The lowest BCUT2D eigenvalue weighted by atomic mass is 9.67. The van der Waals surface area contributed by atoms with Gasteiger partial charge in [0, 0.05) is 6.20 Å². The molecule has 0 radical (unpaired) electrons. The Morgan fingerprint density at radius 1 is 0.456 bits per heavy atom. The molecule has 0 aliphatic heterocycles. The molecule has 264 valence electrons. The summed E-state index contributed by atoms with van der Waals surface area (Å²) in [6.07, 6.45) is 3.39. The second-order valence-corrected chi connectivity index (χ2v) is 14.3. The van der Waals surface area contributed by atoms with Crippen molar-refractivity contribution < 1.29 is 0 Å². The Bertz CT molecular complexity index is 3020. The third-order valence-electron chi connectivity index (χ3n) is 11.4. The highest BCUT2D eigenvalue weighted by atomic mass is 14.8. The number of pyridine rings is 2. The molecular formula is C53H32N4. The minimum Gasteiger partial charge on any atom is -0.361 e. The molecule has 7 aromatic carbocycles. The van der Waals surface area contributed by atoms with Crippen molar-refractivity contribution in [1.29, 1.82) is 5.26 Å². The van der Waals surface area contributed by atoms with E-state index in [1.165, 1.54) is 49.7 Å². The predicted octanol–water partition coefficient (Wildman–Crippen LogP) is 13.1. The molecule has 0 amide bonds. The van der Waals surface area contributed by atoms with E-state index >= 15 is 0 Å². The van der Waals surface area contributed by atoms with Gasteiger partial charge in [0.25, 0.3) is 5.82 Å². The first-order valence-electron chi connectivity index (χ1n) is 18.9. The van der Waals surface area contributed by atoms with Crippen LogP contribution in [-0.4, -0.2) is 9.97 Å². The summed E-state index contributed by atoms with van der Waals surface area (Å²) in [6, 6.07) is 67.1. The van der Waals surface area contributed by atoms with E-state index in [-0.39, 0.29) is 0 Å². The first-order chi connectivity index (χ1) is 28.1. The highest BCUT2D eigenvalue weighted by Crippen LogP contribution is 2.59. The van der Waals surface area contributed by atoms with Gasteiger partial charge in [0.05, 0.1) is 5.41 Å². The van der Waals surface area contributed by atoms with Crippen molar-refractivity contribution in [2.24, 2.45) is 0 Å². The Morgan fingerprint density at radius 3 is 1.60 bits per heavy atom. The van der Waals surface area contributed by atoms with Crippen molar-refractivity contribution >= 4 is 16.6 Å². The zero-order valence-electron chi connectivity index (χ0n) is 30.8. The van der Waals surface area contributed by atoms with Crippen LogP contribution in [0.3, 0.4) is 0 Å². The number of benzene rings is 7. The molecule has 4 heteroatoms. The number of aromatic nitrogens is 2. The van der Waals surface area contributed by atoms with E-state index in [1.807, 2.05) is 24.3 Å². The van der Waals surface area contributed by atoms with Crippen LogP contribution in [0.25, 0.3) is 71.3 Å². The Kier molecular flexibility index (Phi) is 8.11. The van der Waals surface area contributed by atoms with Crippen molar-refractivity contribution in [3.63, 3.8) is 0 Å². The third-order valence-corrected chi connectivity index (χ3v) is 11.4. The Labute approximate surface area is 331 Å². The zero-order chi connectivity index (χ0) is 38.3. The maximum Gasteiger partial charge on any atom is 0.270 e. The van der Waals surface area contributed by atoms with Crippen LogP contribution in [-0.2, 0) is 5.41 Å². The summed E-state index contributed by atoms with van der Waals surface area (Å²) >= 11 is 0. The minimum atomic E-state index is -0.611. The van der Waals surface area contributed by atoms with Gasteiger partial charge >= 0.3 is 0 Å². The van der Waals surface area contributed by atoms with E-state index < -0.39 is 5.41 Å². The molecule has 4 nitrogen and oxygen atoms in total. The first kappa shape index (κ1) is 33.6. The lowest BCUT2D eigenvalue weighted by molar-refractivity contribution is 0.769. The van der Waals surface area contributed by atoms with Gasteiger partial charge in [-0.15, -0.1) is 4.98 Å². The Morgan fingerprint density at radius 2 is 0.982 bits per heavy atom. The predicted molar refractivity (Wildman–Crippen MR) is 230 cm³/mol. The molecule has 0 N–H and O–H groups in total. The molecule has 2 heterocycles. The molecule has 2 aromatic heterocycles. The molecule has 0 saturated carbocycles. The summed E-state index contributed by atoms with van der Waals surface area (Å²) in [6.45, 7) is 7.45. The van der Waals surface area contributed by atoms with Gasteiger partial charge < -0.3 is 4.85 Å². The van der Waals surface area contributed by atoms with Gasteiger partial charge in [-0.25, -0.2) is 4.98 Å². The average molecular weight is 725 g/mol. The van der Waals surface area contributed by atoms with Crippen molar-refractivity contribution in [2.75, 3.05) is 0 Å². The van der Waals surface area contributed by atoms with Gasteiger partial charge in [-0.3, -0.25) is 0 Å². The van der Waals surface area contributed by atoms with Crippen molar-refractivity contribution in [3.05, 3.63) is 234 Å². The maximum atomic E-state index is 9.42. The molecule has 1 aliphatic carbocycles. The van der Waals surface area contributed by atoms with E-state index in [2.05, 4.69) is 179 Å². The van der Waals surface area contributed by atoms with Gasteiger partial charge in [0.2, 0.25) is 0 Å². The normalized spacial score (nSPS) is 12.3. The molecule has 0 atom stereocenters. The van der Waals surface area contributed by atoms with Crippen LogP contribution in [0.1, 0.15) is 27.9 Å². The second-order valence-electron chi connectivity index (χ2n) is 14.3. The van der Waals surface area contributed by atoms with Crippen LogP contribution in [0.5, 0.6) is 0 Å². The Balaban J connectivity index is 1.20. The summed E-state index contributed by atoms with van der Waals surface area (Å²) in [5.74, 6) is 0.388. The summed E-state index contributed by atoms with van der Waals surface area (Å²) in [5.41, 5.74) is 15.7. The minimum absolute atomic E-state index is 0.388. The number of hydrogen-bond acceptors (Lipinski definition) is 3. The lowest BCUT2D eigenvalue weighted by Crippen LogP contribution is -2.28. The third kappa shape index (κ3) is 5.51.